The van der Waals surface area contributed by atoms with E-state index in [1.165, 1.54) is 0 Å². The van der Waals surface area contributed by atoms with Crippen molar-refractivity contribution >= 4 is 5.91 Å². The zero-order chi connectivity index (χ0) is 13.4. The fraction of sp³-hybridized carbons (Fsp3) is 0.750. The maximum absolute atomic E-state index is 11.6. The molecule has 0 saturated heterocycles. The number of nitrogens with zero attached hydrogens (tertiary/aromatic N) is 3. The van der Waals surface area contributed by atoms with Crippen LogP contribution in [-0.4, -0.2) is 39.2 Å². The Bertz CT molecular complexity index is 349. The summed E-state index contributed by atoms with van der Waals surface area (Å²) in [4.78, 5) is 11.6. The molecular formula is C12H22N4O2. The molecule has 0 bridgehead atoms. The molecule has 0 aliphatic rings. The third kappa shape index (κ3) is 5.77. The van der Waals surface area contributed by atoms with Crippen molar-refractivity contribution < 1.29 is 9.90 Å². The molecule has 1 aromatic heterocycles. The molecule has 6 nitrogen and oxygen atoms in total. The summed E-state index contributed by atoms with van der Waals surface area (Å²) < 4.78 is 1.64. The average molecular weight is 254 g/mol. The Hall–Kier alpha value is -1.43. The molecule has 0 spiro atoms. The van der Waals surface area contributed by atoms with Crippen molar-refractivity contribution in [1.29, 1.82) is 0 Å². The summed E-state index contributed by atoms with van der Waals surface area (Å²) in [5, 5.41) is 19.2. The molecule has 0 aliphatic carbocycles. The first-order valence-electron chi connectivity index (χ1n) is 6.25. The highest BCUT2D eigenvalue weighted by atomic mass is 16.2. The molecule has 18 heavy (non-hydrogen) atoms. The van der Waals surface area contributed by atoms with Crippen LogP contribution in [0.15, 0.2) is 12.4 Å². The minimum absolute atomic E-state index is 0.0163. The van der Waals surface area contributed by atoms with Gasteiger partial charge in [0.1, 0.15) is 0 Å². The van der Waals surface area contributed by atoms with E-state index < -0.39 is 0 Å². The van der Waals surface area contributed by atoms with E-state index in [0.717, 1.165) is 12.8 Å². The van der Waals surface area contributed by atoms with Gasteiger partial charge in [-0.05, 0) is 18.3 Å². The van der Waals surface area contributed by atoms with Crippen molar-refractivity contribution in [1.82, 2.24) is 20.3 Å². The number of carbonyl (C=O) groups is 1. The lowest BCUT2D eigenvalue weighted by Crippen LogP contribution is -2.34. The molecule has 102 valence electrons. The average Bonchev–Trinajstić information content (AvgIpc) is 2.84. The lowest BCUT2D eigenvalue weighted by molar-refractivity contribution is -0.121. The number of aryl methyl sites for hydroxylation is 1. The first kappa shape index (κ1) is 14.6. The smallest absolute Gasteiger partial charge is 0.221 e. The number of carbonyl (C=O) groups excluding carboxylic acids is 1. The van der Waals surface area contributed by atoms with E-state index in [2.05, 4.69) is 29.5 Å². The quantitative estimate of drug-likeness (QED) is 0.711. The number of aliphatic hydroxyl groups excluding tert-OH is 1. The normalized spacial score (nSPS) is 11.5. The Morgan fingerprint density at radius 1 is 1.50 bits per heavy atom. The van der Waals surface area contributed by atoms with Crippen LogP contribution in [-0.2, 0) is 11.3 Å². The second-order valence-electron chi connectivity index (χ2n) is 5.18. The van der Waals surface area contributed by atoms with Gasteiger partial charge in [-0.3, -0.25) is 9.48 Å². The zero-order valence-electron chi connectivity index (χ0n) is 11.1. The highest BCUT2D eigenvalue weighted by molar-refractivity contribution is 5.75. The fourth-order valence-corrected chi connectivity index (χ4v) is 1.64. The maximum atomic E-state index is 11.6. The predicted molar refractivity (Wildman–Crippen MR) is 67.7 cm³/mol. The van der Waals surface area contributed by atoms with Crippen molar-refractivity contribution in [2.75, 3.05) is 13.2 Å². The number of hydrogen-bond donors (Lipinski definition) is 2. The molecule has 0 radical (unpaired) electrons. The van der Waals surface area contributed by atoms with Crippen molar-refractivity contribution in [3.05, 3.63) is 12.4 Å². The van der Waals surface area contributed by atoms with Crippen LogP contribution in [0, 0.1) is 5.41 Å². The van der Waals surface area contributed by atoms with E-state index in [9.17, 15) is 4.79 Å². The van der Waals surface area contributed by atoms with Gasteiger partial charge in [0.15, 0.2) is 0 Å². The molecule has 6 heteroatoms. The number of hydrogen-bond acceptors (Lipinski definition) is 4. The van der Waals surface area contributed by atoms with Crippen LogP contribution >= 0.6 is 0 Å². The van der Waals surface area contributed by atoms with Crippen LogP contribution in [0.5, 0.6) is 0 Å². The summed E-state index contributed by atoms with van der Waals surface area (Å²) in [5.41, 5.74) is 0.0195. The van der Waals surface area contributed by atoms with Gasteiger partial charge in [-0.25, -0.2) is 0 Å². The summed E-state index contributed by atoms with van der Waals surface area (Å²) in [5.74, 6) is 0.0163. The predicted octanol–water partition coefficient (Wildman–Crippen LogP) is 0.583. The molecule has 2 N–H and O–H groups in total. The third-order valence-electron chi connectivity index (χ3n) is 2.82. The molecule has 0 atom stereocenters. The molecule has 0 aliphatic heterocycles. The fourth-order valence-electron chi connectivity index (χ4n) is 1.64. The first-order valence-corrected chi connectivity index (χ1v) is 6.25. The molecule has 0 aromatic carbocycles. The zero-order valence-corrected chi connectivity index (χ0v) is 11.1. The minimum atomic E-state index is 0.0163. The molecule has 0 fully saturated rings. The lowest BCUT2D eigenvalue weighted by atomic mass is 9.88. The van der Waals surface area contributed by atoms with Crippen LogP contribution in [0.1, 0.15) is 33.1 Å². The van der Waals surface area contributed by atoms with Crippen molar-refractivity contribution in [3.8, 4) is 0 Å². The Morgan fingerprint density at radius 3 is 2.89 bits per heavy atom. The van der Waals surface area contributed by atoms with Gasteiger partial charge in [0.2, 0.25) is 5.91 Å². The topological polar surface area (TPSA) is 80.0 Å². The van der Waals surface area contributed by atoms with Gasteiger partial charge in [0, 0.05) is 25.8 Å². The van der Waals surface area contributed by atoms with E-state index in [1.54, 1.807) is 17.1 Å². The van der Waals surface area contributed by atoms with Crippen molar-refractivity contribution in [3.63, 3.8) is 0 Å². The lowest BCUT2D eigenvalue weighted by Gasteiger charge is -2.24. The number of aliphatic hydroxyl groups is 1. The van der Waals surface area contributed by atoms with Crippen molar-refractivity contribution in [2.24, 2.45) is 5.41 Å². The first-order chi connectivity index (χ1) is 8.53. The van der Waals surface area contributed by atoms with Crippen LogP contribution < -0.4 is 5.32 Å². The second kappa shape index (κ2) is 7.10. The Labute approximate surface area is 107 Å². The molecule has 0 saturated carbocycles. The highest BCUT2D eigenvalue weighted by Crippen LogP contribution is 2.20. The van der Waals surface area contributed by atoms with Gasteiger partial charge >= 0.3 is 0 Å². The molecule has 1 aromatic rings. The number of rotatable bonds is 8. The summed E-state index contributed by atoms with van der Waals surface area (Å²) in [6.07, 6.45) is 5.39. The van der Waals surface area contributed by atoms with Gasteiger partial charge in [-0.2, -0.15) is 0 Å². The standard InChI is InChI=1S/C12H22N4O2/c1-12(2,5-3-9-17)10-13-11(18)4-7-16-8-6-14-15-16/h6,8,17H,3-5,7,9-10H2,1-2H3,(H,13,18). The van der Waals surface area contributed by atoms with Gasteiger partial charge in [0.05, 0.1) is 12.7 Å². The van der Waals surface area contributed by atoms with E-state index in [1.807, 2.05) is 0 Å². The van der Waals surface area contributed by atoms with Crippen LogP contribution in [0.4, 0.5) is 0 Å². The second-order valence-corrected chi connectivity index (χ2v) is 5.18. The molecule has 1 heterocycles. The molecule has 0 unspecified atom stereocenters. The summed E-state index contributed by atoms with van der Waals surface area (Å²) >= 11 is 0. The van der Waals surface area contributed by atoms with Gasteiger partial charge in [-0.1, -0.05) is 19.1 Å². The Balaban J connectivity index is 2.20. The maximum Gasteiger partial charge on any atom is 0.221 e. The Morgan fingerprint density at radius 2 is 2.28 bits per heavy atom. The monoisotopic (exact) mass is 254 g/mol. The summed E-state index contributed by atoms with van der Waals surface area (Å²) in [6.45, 7) is 5.54. The van der Waals surface area contributed by atoms with Crippen LogP contribution in [0.3, 0.4) is 0 Å². The van der Waals surface area contributed by atoms with E-state index in [4.69, 9.17) is 5.11 Å². The number of nitrogens with one attached hydrogen (secondary N) is 1. The Kier molecular flexibility index (Phi) is 5.77. The minimum Gasteiger partial charge on any atom is -0.396 e. The number of aromatic nitrogens is 3. The summed E-state index contributed by atoms with van der Waals surface area (Å²) in [6, 6.07) is 0. The molecule has 1 amide bonds. The van der Waals surface area contributed by atoms with Crippen LogP contribution in [0.25, 0.3) is 0 Å². The van der Waals surface area contributed by atoms with Crippen molar-refractivity contribution in [2.45, 2.75) is 39.7 Å². The van der Waals surface area contributed by atoms with Gasteiger partial charge < -0.3 is 10.4 Å². The van der Waals surface area contributed by atoms with E-state index >= 15 is 0 Å². The SMILES string of the molecule is CC(C)(CCCO)CNC(=O)CCn1ccnn1. The van der Waals surface area contributed by atoms with E-state index in [0.29, 0.717) is 19.5 Å². The highest BCUT2D eigenvalue weighted by Gasteiger charge is 2.18. The molecular weight excluding hydrogens is 232 g/mol. The third-order valence-corrected chi connectivity index (χ3v) is 2.82. The molecule has 1 rings (SSSR count). The van der Waals surface area contributed by atoms with Gasteiger partial charge in [-0.15, -0.1) is 5.10 Å². The van der Waals surface area contributed by atoms with Crippen LogP contribution in [0.2, 0.25) is 0 Å². The largest absolute Gasteiger partial charge is 0.396 e. The number of amides is 1. The van der Waals surface area contributed by atoms with Gasteiger partial charge in [0.25, 0.3) is 0 Å². The van der Waals surface area contributed by atoms with E-state index in [-0.39, 0.29) is 17.9 Å². The summed E-state index contributed by atoms with van der Waals surface area (Å²) in [7, 11) is 0.